The van der Waals surface area contributed by atoms with E-state index in [1.54, 1.807) is 0 Å². The van der Waals surface area contributed by atoms with Crippen LogP contribution in [0.2, 0.25) is 0 Å². The largest absolute Gasteiger partial charge is 0.491 e. The Balaban J connectivity index is 1.35. The van der Waals surface area contributed by atoms with E-state index in [9.17, 15) is 9.90 Å². The summed E-state index contributed by atoms with van der Waals surface area (Å²) in [4.78, 5) is 19.6. The molecule has 174 valence electrons. The Morgan fingerprint density at radius 3 is 2.59 bits per heavy atom. The van der Waals surface area contributed by atoms with Gasteiger partial charge in [0.15, 0.2) is 0 Å². The van der Waals surface area contributed by atoms with Crippen molar-refractivity contribution in [3.05, 3.63) is 95.8 Å². The normalized spacial score (nSPS) is 16.8. The molecule has 2 atom stereocenters. The molecule has 1 saturated heterocycles. The van der Waals surface area contributed by atoms with Gasteiger partial charge in [0.25, 0.3) is 0 Å². The molecule has 6 heteroatoms. The zero-order chi connectivity index (χ0) is 23.5. The molecule has 1 fully saturated rings. The number of likely N-dealkylation sites (tertiary alicyclic amines) is 1. The summed E-state index contributed by atoms with van der Waals surface area (Å²) in [7, 11) is 0. The average molecular weight is 456 g/mol. The maximum atomic E-state index is 12.8. The second-order valence-electron chi connectivity index (χ2n) is 8.96. The van der Waals surface area contributed by atoms with Crippen LogP contribution in [0.1, 0.15) is 29.3 Å². The van der Waals surface area contributed by atoms with Gasteiger partial charge in [-0.15, -0.1) is 0 Å². The molecule has 0 unspecified atom stereocenters. The summed E-state index contributed by atoms with van der Waals surface area (Å²) >= 11 is 0. The van der Waals surface area contributed by atoms with Gasteiger partial charge in [-0.2, -0.15) is 0 Å². The van der Waals surface area contributed by atoms with Gasteiger partial charge in [0.2, 0.25) is 5.91 Å². The van der Waals surface area contributed by atoms with Crippen LogP contribution in [0.3, 0.4) is 0 Å². The first-order valence-corrected chi connectivity index (χ1v) is 11.7. The van der Waals surface area contributed by atoms with Crippen LogP contribution in [0.15, 0.2) is 78.9 Å². The molecule has 0 radical (unpaired) electrons. The molecule has 2 heterocycles. The van der Waals surface area contributed by atoms with Gasteiger partial charge < -0.3 is 19.3 Å². The molecule has 1 aliphatic rings. The summed E-state index contributed by atoms with van der Waals surface area (Å²) in [6.07, 6.45) is -0.292. The number of carbonyl (C=O) groups is 1. The third kappa shape index (κ3) is 4.68. The second kappa shape index (κ2) is 9.69. The minimum atomic E-state index is -0.714. The number of aliphatic hydroxyl groups excluding tert-OH is 1. The number of para-hydroxylation sites is 3. The van der Waals surface area contributed by atoms with Gasteiger partial charge in [-0.3, -0.25) is 4.79 Å². The number of hydrogen-bond donors (Lipinski definition) is 1. The Hall–Kier alpha value is -3.64. The van der Waals surface area contributed by atoms with Gasteiger partial charge in [0.1, 0.15) is 24.3 Å². The number of ether oxygens (including phenoxy) is 1. The lowest BCUT2D eigenvalue weighted by Gasteiger charge is -2.19. The van der Waals surface area contributed by atoms with Crippen LogP contribution in [-0.4, -0.2) is 44.7 Å². The van der Waals surface area contributed by atoms with Crippen molar-refractivity contribution >= 4 is 16.9 Å². The third-order valence-corrected chi connectivity index (χ3v) is 6.40. The van der Waals surface area contributed by atoms with E-state index in [1.165, 1.54) is 0 Å². The predicted octanol–water partition coefficient (Wildman–Crippen LogP) is 4.30. The van der Waals surface area contributed by atoms with E-state index in [0.29, 0.717) is 26.1 Å². The zero-order valence-electron chi connectivity index (χ0n) is 19.3. The summed E-state index contributed by atoms with van der Waals surface area (Å²) < 4.78 is 7.94. The van der Waals surface area contributed by atoms with E-state index in [1.807, 2.05) is 90.7 Å². The van der Waals surface area contributed by atoms with Crippen LogP contribution in [0.5, 0.6) is 5.75 Å². The van der Waals surface area contributed by atoms with Crippen LogP contribution in [-0.2, 0) is 17.9 Å². The molecule has 6 nitrogen and oxygen atoms in total. The van der Waals surface area contributed by atoms with Crippen molar-refractivity contribution in [3.8, 4) is 5.75 Å². The number of nitrogens with zero attached hydrogens (tertiary/aromatic N) is 3. The molecular weight excluding hydrogens is 426 g/mol. The van der Waals surface area contributed by atoms with E-state index < -0.39 is 6.10 Å². The fourth-order valence-corrected chi connectivity index (χ4v) is 4.67. The maximum absolute atomic E-state index is 12.8. The average Bonchev–Trinajstić information content (AvgIpc) is 3.39. The quantitative estimate of drug-likeness (QED) is 0.430. The maximum Gasteiger partial charge on any atom is 0.223 e. The monoisotopic (exact) mass is 455 g/mol. The first kappa shape index (κ1) is 22.2. The SMILES string of the molecule is Cc1ccccc1OC[C@@H](O)Cn1c([C@@H]2CC(=O)N(Cc3ccccc3)C2)nc2ccccc21. The summed E-state index contributed by atoms with van der Waals surface area (Å²) in [5, 5.41) is 10.8. The van der Waals surface area contributed by atoms with Gasteiger partial charge in [0.05, 0.1) is 17.6 Å². The summed E-state index contributed by atoms with van der Waals surface area (Å²) in [6.45, 7) is 3.74. The standard InChI is InChI=1S/C28H29N3O3/c1-20-9-5-8-14-26(20)34-19-23(32)18-31-25-13-7-6-12-24(25)29-28(31)22-15-27(33)30(17-22)16-21-10-3-2-4-11-21/h2-14,22-23,32H,15-19H2,1H3/t22-,23+/m1/s1. The van der Waals surface area contributed by atoms with Gasteiger partial charge in [-0.05, 0) is 36.2 Å². The van der Waals surface area contributed by atoms with Crippen LogP contribution in [0, 0.1) is 6.92 Å². The second-order valence-corrected chi connectivity index (χ2v) is 8.96. The van der Waals surface area contributed by atoms with Crippen LogP contribution >= 0.6 is 0 Å². The van der Waals surface area contributed by atoms with E-state index in [2.05, 4.69) is 4.57 Å². The summed E-state index contributed by atoms with van der Waals surface area (Å²) in [5.74, 6) is 1.74. The zero-order valence-corrected chi connectivity index (χ0v) is 19.3. The predicted molar refractivity (Wildman–Crippen MR) is 132 cm³/mol. The summed E-state index contributed by atoms with van der Waals surface area (Å²) in [5.41, 5.74) is 3.99. The number of aromatic nitrogens is 2. The molecule has 34 heavy (non-hydrogen) atoms. The summed E-state index contributed by atoms with van der Waals surface area (Å²) in [6, 6.07) is 25.8. The number of rotatable bonds is 8. The number of hydrogen-bond acceptors (Lipinski definition) is 4. The number of imidazole rings is 1. The fourth-order valence-electron chi connectivity index (χ4n) is 4.67. The highest BCUT2D eigenvalue weighted by Crippen LogP contribution is 2.31. The van der Waals surface area contributed by atoms with Crippen molar-refractivity contribution in [2.75, 3.05) is 13.2 Å². The lowest BCUT2D eigenvalue weighted by Crippen LogP contribution is -2.26. The highest BCUT2D eigenvalue weighted by molar-refractivity contribution is 5.81. The number of fused-ring (bicyclic) bond motifs is 1. The molecule has 0 bridgehead atoms. The van der Waals surface area contributed by atoms with Crippen LogP contribution in [0.4, 0.5) is 0 Å². The highest BCUT2D eigenvalue weighted by Gasteiger charge is 2.34. The lowest BCUT2D eigenvalue weighted by molar-refractivity contribution is -0.128. The fraction of sp³-hybridized carbons (Fsp3) is 0.286. The smallest absolute Gasteiger partial charge is 0.223 e. The Bertz CT molecular complexity index is 1280. The molecule has 4 aromatic rings. The Morgan fingerprint density at radius 1 is 1.03 bits per heavy atom. The van der Waals surface area contributed by atoms with Gasteiger partial charge in [-0.25, -0.2) is 4.98 Å². The molecule has 0 saturated carbocycles. The molecule has 1 N–H and O–H groups in total. The van der Waals surface area contributed by atoms with Gasteiger partial charge in [-0.1, -0.05) is 60.7 Å². The van der Waals surface area contributed by atoms with Crippen molar-refractivity contribution in [2.45, 2.75) is 38.5 Å². The number of aryl methyl sites for hydroxylation is 1. The Kier molecular flexibility index (Phi) is 6.32. The molecule has 0 aliphatic carbocycles. The van der Waals surface area contributed by atoms with Crippen molar-refractivity contribution in [1.82, 2.24) is 14.5 Å². The third-order valence-electron chi connectivity index (χ3n) is 6.40. The molecule has 1 aromatic heterocycles. The number of aliphatic hydroxyl groups is 1. The minimum Gasteiger partial charge on any atom is -0.491 e. The molecule has 5 rings (SSSR count). The van der Waals surface area contributed by atoms with Crippen LogP contribution in [0.25, 0.3) is 11.0 Å². The van der Waals surface area contributed by atoms with Crippen molar-refractivity contribution in [3.63, 3.8) is 0 Å². The minimum absolute atomic E-state index is 0.0203. The lowest BCUT2D eigenvalue weighted by atomic mass is 10.1. The van der Waals surface area contributed by atoms with Crippen LogP contribution < -0.4 is 4.74 Å². The number of amides is 1. The number of benzene rings is 3. The highest BCUT2D eigenvalue weighted by atomic mass is 16.5. The molecule has 1 aliphatic heterocycles. The van der Waals surface area contributed by atoms with E-state index in [4.69, 9.17) is 9.72 Å². The number of carbonyl (C=O) groups excluding carboxylic acids is 1. The first-order chi connectivity index (χ1) is 16.6. The molecular formula is C28H29N3O3. The van der Waals surface area contributed by atoms with Gasteiger partial charge in [0, 0.05) is 25.4 Å². The Labute approximate surface area is 199 Å². The van der Waals surface area contributed by atoms with E-state index in [0.717, 1.165) is 33.7 Å². The topological polar surface area (TPSA) is 67.6 Å². The van der Waals surface area contributed by atoms with E-state index in [-0.39, 0.29) is 18.4 Å². The van der Waals surface area contributed by atoms with Gasteiger partial charge >= 0.3 is 0 Å². The molecule has 1 amide bonds. The molecule has 3 aromatic carbocycles. The van der Waals surface area contributed by atoms with Crippen molar-refractivity contribution in [1.29, 1.82) is 0 Å². The molecule has 0 spiro atoms. The Morgan fingerprint density at radius 2 is 1.76 bits per heavy atom. The van der Waals surface area contributed by atoms with Crippen molar-refractivity contribution < 1.29 is 14.6 Å². The first-order valence-electron chi connectivity index (χ1n) is 11.7. The van der Waals surface area contributed by atoms with E-state index >= 15 is 0 Å². The van der Waals surface area contributed by atoms with Crippen molar-refractivity contribution in [2.24, 2.45) is 0 Å².